The second-order valence-electron chi connectivity index (χ2n) is 5.73. The Morgan fingerprint density at radius 3 is 2.80 bits per heavy atom. The maximum absolute atomic E-state index is 12.1. The van der Waals surface area contributed by atoms with E-state index in [0.717, 1.165) is 16.6 Å². The van der Waals surface area contributed by atoms with E-state index in [-0.39, 0.29) is 11.8 Å². The van der Waals surface area contributed by atoms with Crippen LogP contribution in [0.3, 0.4) is 0 Å². The van der Waals surface area contributed by atoms with Gasteiger partial charge in [-0.05, 0) is 29.8 Å². The van der Waals surface area contributed by atoms with Gasteiger partial charge in [0.2, 0.25) is 5.91 Å². The molecule has 1 heterocycles. The number of imidazole rings is 1. The Morgan fingerprint density at radius 2 is 1.96 bits per heavy atom. The van der Waals surface area contributed by atoms with Crippen LogP contribution in [-0.2, 0) is 17.9 Å². The quantitative estimate of drug-likeness (QED) is 0.724. The number of para-hydroxylation sites is 2. The van der Waals surface area contributed by atoms with E-state index in [2.05, 4.69) is 15.6 Å². The van der Waals surface area contributed by atoms with Crippen molar-refractivity contribution in [2.45, 2.75) is 19.5 Å². The van der Waals surface area contributed by atoms with Gasteiger partial charge in [-0.2, -0.15) is 0 Å². The molecule has 25 heavy (non-hydrogen) atoms. The molecule has 0 spiro atoms. The molecule has 0 bridgehead atoms. The predicted octanol–water partition coefficient (Wildman–Crippen LogP) is 2.10. The Labute approximate surface area is 145 Å². The third-order valence-corrected chi connectivity index (χ3v) is 4.01. The summed E-state index contributed by atoms with van der Waals surface area (Å²) in [5.74, 6) is -0.178. The van der Waals surface area contributed by atoms with Gasteiger partial charge in [0.25, 0.3) is 5.91 Å². The molecule has 2 N–H and O–H groups in total. The molecule has 0 aliphatic carbocycles. The Bertz CT molecular complexity index is 901. The molecule has 0 atom stereocenters. The van der Waals surface area contributed by atoms with E-state index in [9.17, 15) is 9.59 Å². The number of aromatic nitrogens is 2. The topological polar surface area (TPSA) is 76.0 Å². The summed E-state index contributed by atoms with van der Waals surface area (Å²) in [6.07, 6.45) is 2.13. The van der Waals surface area contributed by atoms with Crippen molar-refractivity contribution in [2.75, 3.05) is 7.05 Å². The first-order valence-electron chi connectivity index (χ1n) is 8.15. The number of nitrogens with zero attached hydrogens (tertiary/aromatic N) is 2. The van der Waals surface area contributed by atoms with Gasteiger partial charge >= 0.3 is 0 Å². The Hall–Kier alpha value is -3.15. The molecule has 1 aromatic heterocycles. The van der Waals surface area contributed by atoms with E-state index in [0.29, 0.717) is 25.1 Å². The fourth-order valence-corrected chi connectivity index (χ4v) is 2.67. The number of hydrogen-bond acceptors (Lipinski definition) is 3. The number of nitrogens with one attached hydrogen (secondary N) is 2. The van der Waals surface area contributed by atoms with Crippen LogP contribution in [0.2, 0.25) is 0 Å². The van der Waals surface area contributed by atoms with Crippen LogP contribution in [0.5, 0.6) is 0 Å². The van der Waals surface area contributed by atoms with E-state index >= 15 is 0 Å². The number of rotatable bonds is 6. The predicted molar refractivity (Wildman–Crippen MR) is 96.0 cm³/mol. The summed E-state index contributed by atoms with van der Waals surface area (Å²) in [4.78, 5) is 28.1. The highest BCUT2D eigenvalue weighted by Gasteiger charge is 2.07. The normalized spacial score (nSPS) is 10.6. The second-order valence-corrected chi connectivity index (χ2v) is 5.73. The first-order valence-corrected chi connectivity index (χ1v) is 8.15. The number of carbonyl (C=O) groups is 2. The largest absolute Gasteiger partial charge is 0.355 e. The van der Waals surface area contributed by atoms with Crippen molar-refractivity contribution in [3.63, 3.8) is 0 Å². The summed E-state index contributed by atoms with van der Waals surface area (Å²) in [6.45, 7) is 0.971. The fraction of sp³-hybridized carbons (Fsp3) is 0.211. The van der Waals surface area contributed by atoms with Crippen molar-refractivity contribution in [1.82, 2.24) is 20.2 Å². The summed E-state index contributed by atoms with van der Waals surface area (Å²) >= 11 is 0. The highest BCUT2D eigenvalue weighted by Crippen LogP contribution is 2.12. The van der Waals surface area contributed by atoms with Crippen molar-refractivity contribution < 1.29 is 9.59 Å². The van der Waals surface area contributed by atoms with Crippen LogP contribution in [0.4, 0.5) is 0 Å². The fourth-order valence-electron chi connectivity index (χ4n) is 2.67. The van der Waals surface area contributed by atoms with Gasteiger partial charge < -0.3 is 15.2 Å². The third-order valence-electron chi connectivity index (χ3n) is 4.01. The van der Waals surface area contributed by atoms with Gasteiger partial charge in [0, 0.05) is 32.1 Å². The van der Waals surface area contributed by atoms with Gasteiger partial charge in [-0.25, -0.2) is 4.98 Å². The summed E-state index contributed by atoms with van der Waals surface area (Å²) < 4.78 is 1.97. The number of fused-ring (bicyclic) bond motifs is 1. The second kappa shape index (κ2) is 7.61. The number of amides is 2. The zero-order valence-electron chi connectivity index (χ0n) is 14.0. The minimum absolute atomic E-state index is 0.0388. The first-order chi connectivity index (χ1) is 12.2. The molecule has 2 amide bonds. The maximum Gasteiger partial charge on any atom is 0.251 e. The van der Waals surface area contributed by atoms with E-state index in [1.807, 2.05) is 41.0 Å². The first kappa shape index (κ1) is 16.7. The molecule has 0 unspecified atom stereocenters. The van der Waals surface area contributed by atoms with Crippen LogP contribution < -0.4 is 10.6 Å². The van der Waals surface area contributed by atoms with Gasteiger partial charge in [0.1, 0.15) is 0 Å². The van der Waals surface area contributed by atoms with Gasteiger partial charge in [-0.1, -0.05) is 24.3 Å². The van der Waals surface area contributed by atoms with E-state index in [1.54, 1.807) is 25.5 Å². The number of hydrogen-bond donors (Lipinski definition) is 2. The molecule has 0 aliphatic rings. The average Bonchev–Trinajstić information content (AvgIpc) is 3.07. The summed E-state index contributed by atoms with van der Waals surface area (Å²) in [7, 11) is 1.59. The molecule has 0 fully saturated rings. The summed E-state index contributed by atoms with van der Waals surface area (Å²) in [5, 5.41) is 5.48. The Kier molecular flexibility index (Phi) is 5.09. The molecule has 0 radical (unpaired) electrons. The zero-order chi connectivity index (χ0) is 17.6. The molecular weight excluding hydrogens is 316 g/mol. The molecule has 0 saturated heterocycles. The highest BCUT2D eigenvalue weighted by atomic mass is 16.2. The van der Waals surface area contributed by atoms with Gasteiger partial charge in [-0.15, -0.1) is 0 Å². The molecule has 3 aromatic rings. The lowest BCUT2D eigenvalue weighted by Crippen LogP contribution is -2.24. The molecule has 2 aromatic carbocycles. The molecule has 6 heteroatoms. The number of carbonyl (C=O) groups excluding carboxylic acids is 2. The van der Waals surface area contributed by atoms with E-state index in [1.165, 1.54) is 0 Å². The van der Waals surface area contributed by atoms with Crippen molar-refractivity contribution in [3.8, 4) is 0 Å². The lowest BCUT2D eigenvalue weighted by molar-refractivity contribution is -0.121. The van der Waals surface area contributed by atoms with E-state index < -0.39 is 0 Å². The molecule has 0 aliphatic heterocycles. The third kappa shape index (κ3) is 4.03. The van der Waals surface area contributed by atoms with Crippen LogP contribution in [0, 0.1) is 0 Å². The van der Waals surface area contributed by atoms with Crippen molar-refractivity contribution in [1.29, 1.82) is 0 Å². The monoisotopic (exact) mass is 336 g/mol. The summed E-state index contributed by atoms with van der Waals surface area (Å²) in [6, 6.07) is 15.1. The van der Waals surface area contributed by atoms with E-state index in [4.69, 9.17) is 0 Å². The SMILES string of the molecule is CNC(=O)c1cccc(CNC(=O)CCn2cnc3ccccc32)c1. The van der Waals surface area contributed by atoms with Crippen LogP contribution in [-0.4, -0.2) is 28.4 Å². The molecule has 6 nitrogen and oxygen atoms in total. The molecule has 0 saturated carbocycles. The Balaban J connectivity index is 1.54. The summed E-state index contributed by atoms with van der Waals surface area (Å²) in [5.41, 5.74) is 3.42. The molecule has 128 valence electrons. The lowest BCUT2D eigenvalue weighted by atomic mass is 10.1. The van der Waals surface area contributed by atoms with Crippen LogP contribution in [0.1, 0.15) is 22.3 Å². The van der Waals surface area contributed by atoms with Crippen molar-refractivity contribution >= 4 is 22.8 Å². The van der Waals surface area contributed by atoms with Crippen LogP contribution in [0.25, 0.3) is 11.0 Å². The standard InChI is InChI=1S/C19H20N4O2/c1-20-19(25)15-6-4-5-14(11-15)12-21-18(24)9-10-23-13-22-16-7-2-3-8-17(16)23/h2-8,11,13H,9-10,12H2,1H3,(H,20,25)(H,21,24). The average molecular weight is 336 g/mol. The molecular formula is C19H20N4O2. The van der Waals surface area contributed by atoms with Crippen molar-refractivity contribution in [3.05, 3.63) is 66.0 Å². The van der Waals surface area contributed by atoms with Crippen molar-refractivity contribution in [2.24, 2.45) is 0 Å². The maximum atomic E-state index is 12.1. The highest BCUT2D eigenvalue weighted by molar-refractivity contribution is 5.94. The zero-order valence-corrected chi connectivity index (χ0v) is 14.0. The lowest BCUT2D eigenvalue weighted by Gasteiger charge is -2.08. The molecule has 3 rings (SSSR count). The number of aryl methyl sites for hydroxylation is 1. The minimum Gasteiger partial charge on any atom is -0.355 e. The van der Waals surface area contributed by atoms with Gasteiger partial charge in [0.05, 0.1) is 17.4 Å². The Morgan fingerprint density at radius 1 is 1.12 bits per heavy atom. The van der Waals surface area contributed by atoms with Crippen LogP contribution >= 0.6 is 0 Å². The smallest absolute Gasteiger partial charge is 0.251 e. The van der Waals surface area contributed by atoms with Crippen LogP contribution in [0.15, 0.2) is 54.9 Å². The van der Waals surface area contributed by atoms with Gasteiger partial charge in [-0.3, -0.25) is 9.59 Å². The minimum atomic E-state index is -0.139. The number of benzene rings is 2. The van der Waals surface area contributed by atoms with Gasteiger partial charge in [0.15, 0.2) is 0 Å².